The zero-order chi connectivity index (χ0) is 32.8. The summed E-state index contributed by atoms with van der Waals surface area (Å²) < 4.78 is 51.8. The number of aryl methyl sites for hydroxylation is 1. The van der Waals surface area contributed by atoms with Crippen LogP contribution in [0.15, 0.2) is 42.9 Å². The number of ether oxygens (including phenoxy) is 1. The second kappa shape index (κ2) is 13.1. The molecule has 1 N–H and O–H groups in total. The molecule has 4 aromatic rings. The lowest BCUT2D eigenvalue weighted by Crippen LogP contribution is -2.40. The molecule has 250 valence electrons. The highest BCUT2D eigenvalue weighted by Crippen LogP contribution is 2.43. The zero-order valence-corrected chi connectivity index (χ0v) is 26.9. The summed E-state index contributed by atoms with van der Waals surface area (Å²) in [5.74, 6) is 1.00. The predicted molar refractivity (Wildman–Crippen MR) is 172 cm³/mol. The van der Waals surface area contributed by atoms with Gasteiger partial charge < -0.3 is 19.3 Å². The first-order valence-electron chi connectivity index (χ1n) is 16.8. The normalized spacial score (nSPS) is 22.5. The van der Waals surface area contributed by atoms with Crippen LogP contribution in [0.2, 0.25) is 0 Å². The third kappa shape index (κ3) is 6.08. The smallest absolute Gasteiger partial charge is 0.337 e. The number of benzene rings is 2. The highest BCUT2D eigenvalue weighted by molar-refractivity contribution is 5.92. The minimum atomic E-state index is -2.76. The van der Waals surface area contributed by atoms with Gasteiger partial charge in [0.15, 0.2) is 6.04 Å². The molecule has 8 nitrogen and oxygen atoms in total. The Morgan fingerprint density at radius 1 is 1.13 bits per heavy atom. The molecule has 1 saturated heterocycles. The van der Waals surface area contributed by atoms with Crippen molar-refractivity contribution in [2.24, 2.45) is 11.8 Å². The number of imidazole rings is 1. The van der Waals surface area contributed by atoms with Crippen molar-refractivity contribution in [1.29, 1.82) is 0 Å². The van der Waals surface area contributed by atoms with E-state index in [2.05, 4.69) is 22.0 Å². The number of aliphatic hydroxyl groups excluding tert-OH is 1. The molecule has 2 atom stereocenters. The van der Waals surface area contributed by atoms with Crippen LogP contribution < -0.4 is 0 Å². The summed E-state index contributed by atoms with van der Waals surface area (Å²) in [5, 5.41) is 14.4. The van der Waals surface area contributed by atoms with Crippen molar-refractivity contribution in [2.75, 3.05) is 32.8 Å². The van der Waals surface area contributed by atoms with Gasteiger partial charge in [0, 0.05) is 42.4 Å². The molecule has 2 aromatic heterocycles. The number of fused-ring (bicyclic) bond motifs is 2. The average molecular weight is 650 g/mol. The fraction of sp³-hybridized carbons (Fsp3) is 0.528. The topological polar surface area (TPSA) is 85.4 Å². The lowest BCUT2D eigenvalue weighted by molar-refractivity contribution is -0.146. The van der Waals surface area contributed by atoms with Gasteiger partial charge in [-0.1, -0.05) is 24.3 Å². The number of likely N-dealkylation sites (tertiary alicyclic amines) is 1. The predicted octanol–water partition coefficient (Wildman–Crippen LogP) is 6.39. The van der Waals surface area contributed by atoms with Gasteiger partial charge >= 0.3 is 5.97 Å². The maximum Gasteiger partial charge on any atom is 0.337 e. The highest BCUT2D eigenvalue weighted by atomic mass is 19.3. The van der Waals surface area contributed by atoms with E-state index in [4.69, 9.17) is 9.84 Å². The molecule has 4 heterocycles. The van der Waals surface area contributed by atoms with E-state index in [0.717, 1.165) is 56.4 Å². The van der Waals surface area contributed by atoms with E-state index in [-0.39, 0.29) is 30.5 Å². The van der Waals surface area contributed by atoms with Crippen molar-refractivity contribution < 1.29 is 27.8 Å². The quantitative estimate of drug-likeness (QED) is 0.201. The fourth-order valence-corrected chi connectivity index (χ4v) is 7.85. The molecule has 0 spiro atoms. The SMILES string of the molecule is CCOC(=O)C(c1ncn2c1C[C@@H](F)C2)n1cc2c(C(F)F)cc(-c3ccc(C4CC(CN5CCC(CO)CC5)C4)cc3)c(C)c2n1. The lowest BCUT2D eigenvalue weighted by atomic mass is 9.71. The van der Waals surface area contributed by atoms with Gasteiger partial charge in [0.05, 0.1) is 30.7 Å². The van der Waals surface area contributed by atoms with Gasteiger partial charge in [-0.25, -0.2) is 22.9 Å². The van der Waals surface area contributed by atoms with Crippen molar-refractivity contribution >= 4 is 16.9 Å². The number of hydrogen-bond donors (Lipinski definition) is 1. The van der Waals surface area contributed by atoms with Gasteiger partial charge in [-0.3, -0.25) is 4.68 Å². The number of alkyl halides is 3. The Kier molecular flexibility index (Phi) is 8.86. The molecular formula is C36H42F3N5O3. The molecule has 47 heavy (non-hydrogen) atoms. The van der Waals surface area contributed by atoms with Gasteiger partial charge in [0.1, 0.15) is 6.17 Å². The molecule has 1 aliphatic carbocycles. The van der Waals surface area contributed by atoms with Crippen LogP contribution in [0, 0.1) is 18.8 Å². The van der Waals surface area contributed by atoms with Crippen LogP contribution in [0.4, 0.5) is 13.2 Å². The Bertz CT molecular complexity index is 1740. The third-order valence-electron chi connectivity index (χ3n) is 10.6. The molecule has 7 rings (SSSR count). The van der Waals surface area contributed by atoms with Gasteiger partial charge in [-0.05, 0) is 98.7 Å². The zero-order valence-electron chi connectivity index (χ0n) is 26.9. The molecule has 2 aliphatic heterocycles. The minimum absolute atomic E-state index is 0.110. The number of carbonyl (C=O) groups excluding carboxylic acids is 1. The largest absolute Gasteiger partial charge is 0.464 e. The Labute approximate surface area is 272 Å². The van der Waals surface area contributed by atoms with Crippen LogP contribution >= 0.6 is 0 Å². The Hall–Kier alpha value is -3.70. The van der Waals surface area contributed by atoms with E-state index in [1.807, 2.05) is 19.1 Å². The van der Waals surface area contributed by atoms with Crippen LogP contribution in [-0.4, -0.2) is 74.3 Å². The van der Waals surface area contributed by atoms with E-state index in [9.17, 15) is 23.1 Å². The molecule has 1 saturated carbocycles. The summed E-state index contributed by atoms with van der Waals surface area (Å²) >= 11 is 0. The number of aromatic nitrogens is 4. The van der Waals surface area contributed by atoms with Crippen molar-refractivity contribution in [3.63, 3.8) is 0 Å². The van der Waals surface area contributed by atoms with Crippen LogP contribution in [0.5, 0.6) is 0 Å². The Morgan fingerprint density at radius 3 is 2.55 bits per heavy atom. The third-order valence-corrected chi connectivity index (χ3v) is 10.6. The first-order valence-corrected chi connectivity index (χ1v) is 16.8. The van der Waals surface area contributed by atoms with Gasteiger partial charge in [0.25, 0.3) is 6.43 Å². The first-order chi connectivity index (χ1) is 22.7. The maximum absolute atomic E-state index is 14.6. The fourth-order valence-electron chi connectivity index (χ4n) is 7.85. The molecule has 11 heteroatoms. The Morgan fingerprint density at radius 2 is 1.87 bits per heavy atom. The van der Waals surface area contributed by atoms with Crippen LogP contribution in [-0.2, 0) is 22.5 Å². The van der Waals surface area contributed by atoms with Crippen LogP contribution in [0.3, 0.4) is 0 Å². The van der Waals surface area contributed by atoms with Gasteiger partial charge in [0.2, 0.25) is 0 Å². The summed E-state index contributed by atoms with van der Waals surface area (Å²) in [6.45, 7) is 7.37. The summed E-state index contributed by atoms with van der Waals surface area (Å²) in [6, 6.07) is 8.64. The molecule has 2 aromatic carbocycles. The molecule has 1 unspecified atom stereocenters. The molecular weight excluding hydrogens is 607 g/mol. The minimum Gasteiger partial charge on any atom is -0.464 e. The summed E-state index contributed by atoms with van der Waals surface area (Å²) in [4.78, 5) is 20.2. The number of piperidine rings is 1. The number of esters is 1. The monoisotopic (exact) mass is 649 g/mol. The number of rotatable bonds is 10. The van der Waals surface area contributed by atoms with Crippen molar-refractivity contribution in [1.82, 2.24) is 24.2 Å². The average Bonchev–Trinajstić information content (AvgIpc) is 3.75. The lowest BCUT2D eigenvalue weighted by Gasteiger charge is -2.41. The molecule has 0 amide bonds. The number of hydrogen-bond acceptors (Lipinski definition) is 6. The first kappa shape index (κ1) is 31.9. The second-order valence-electron chi connectivity index (χ2n) is 13.6. The van der Waals surface area contributed by atoms with Crippen LogP contribution in [0.1, 0.15) is 79.1 Å². The van der Waals surface area contributed by atoms with Gasteiger partial charge in [-0.2, -0.15) is 5.10 Å². The van der Waals surface area contributed by atoms with E-state index >= 15 is 0 Å². The van der Waals surface area contributed by atoms with Gasteiger partial charge in [-0.15, -0.1) is 0 Å². The maximum atomic E-state index is 14.6. The van der Waals surface area contributed by atoms with Crippen molar-refractivity contribution in [2.45, 2.75) is 77.1 Å². The van der Waals surface area contributed by atoms with E-state index in [0.29, 0.717) is 46.8 Å². The molecule has 2 fully saturated rings. The number of halogens is 3. The number of carbonyl (C=O) groups is 1. The summed E-state index contributed by atoms with van der Waals surface area (Å²) in [7, 11) is 0. The second-order valence-corrected chi connectivity index (χ2v) is 13.6. The molecule has 0 radical (unpaired) electrons. The van der Waals surface area contributed by atoms with E-state index in [1.165, 1.54) is 28.8 Å². The number of aliphatic hydroxyl groups is 1. The van der Waals surface area contributed by atoms with E-state index < -0.39 is 24.6 Å². The van der Waals surface area contributed by atoms with Crippen molar-refractivity contribution in [3.8, 4) is 11.1 Å². The van der Waals surface area contributed by atoms with Crippen LogP contribution in [0.25, 0.3) is 22.0 Å². The summed E-state index contributed by atoms with van der Waals surface area (Å²) in [5.41, 5.74) is 4.61. The number of nitrogens with zero attached hydrogens (tertiary/aromatic N) is 5. The highest BCUT2D eigenvalue weighted by Gasteiger charge is 2.36. The summed E-state index contributed by atoms with van der Waals surface area (Å²) in [6.07, 6.45) is 3.67. The molecule has 3 aliphatic rings. The standard InChI is InChI=1S/C36H42F3N5O3/c1-3-47-36(46)34(33-31-14-27(37)17-43(31)20-40-33)44-18-30-29(35(38)39)15-28(21(2)32(30)41-44)25-6-4-24(5-7-25)26-12-23(13-26)16-42-10-8-22(19-45)9-11-42/h4-7,15,18,20,22-23,26-27,34-35,45H,3,8-14,16-17,19H2,1-2H3/t23?,26?,27-,34?/m1/s1. The van der Waals surface area contributed by atoms with Crippen molar-refractivity contribution in [3.05, 3.63) is 70.9 Å². The van der Waals surface area contributed by atoms with E-state index in [1.54, 1.807) is 11.5 Å². The Balaban J connectivity index is 1.14. The molecule has 0 bridgehead atoms.